The molecule has 0 saturated carbocycles. The number of benzene rings is 2. The molecule has 0 amide bonds. The molecule has 0 spiro atoms. The fraction of sp³-hybridized carbons (Fsp3) is 0.444. The van der Waals surface area contributed by atoms with Gasteiger partial charge in [0.05, 0.1) is 13.2 Å². The molecule has 2 nitrogen and oxygen atoms in total. The average Bonchev–Trinajstić information content (AvgIpc) is 2.48. The van der Waals surface area contributed by atoms with E-state index in [-0.39, 0.29) is 0 Å². The average molecular weight is 350 g/mol. The lowest BCUT2D eigenvalue weighted by Crippen LogP contribution is -2.24. The van der Waals surface area contributed by atoms with Crippen LogP contribution in [0.2, 0.25) is 0 Å². The van der Waals surface area contributed by atoms with Crippen LogP contribution in [-0.4, -0.2) is 26.3 Å². The molecule has 114 valence electrons. The van der Waals surface area contributed by atoms with Gasteiger partial charge in [0.15, 0.2) is 0 Å². The Hall–Kier alpha value is -0.900. The molecule has 0 saturated heterocycles. The first-order valence-electron chi connectivity index (χ1n) is 7.63. The Balaban J connectivity index is 1.80. The molecule has 0 aliphatic carbocycles. The van der Waals surface area contributed by atoms with E-state index in [0.29, 0.717) is 5.92 Å². The molecule has 2 rings (SSSR count). The van der Waals surface area contributed by atoms with E-state index in [0.717, 1.165) is 37.2 Å². The van der Waals surface area contributed by atoms with Crippen molar-refractivity contribution in [1.29, 1.82) is 0 Å². The van der Waals surface area contributed by atoms with Gasteiger partial charge < -0.3 is 10.1 Å². The van der Waals surface area contributed by atoms with Crippen molar-refractivity contribution in [3.05, 3.63) is 46.4 Å². The summed E-state index contributed by atoms with van der Waals surface area (Å²) in [5, 5.41) is 5.97. The van der Waals surface area contributed by atoms with E-state index in [2.05, 4.69) is 71.5 Å². The third kappa shape index (κ3) is 5.10. The van der Waals surface area contributed by atoms with Gasteiger partial charge in [0.25, 0.3) is 0 Å². The first-order valence-corrected chi connectivity index (χ1v) is 8.42. The molecule has 2 aromatic carbocycles. The van der Waals surface area contributed by atoms with Gasteiger partial charge in [-0.25, -0.2) is 0 Å². The van der Waals surface area contributed by atoms with Crippen LogP contribution in [0.3, 0.4) is 0 Å². The van der Waals surface area contributed by atoms with Crippen molar-refractivity contribution in [1.82, 2.24) is 5.32 Å². The van der Waals surface area contributed by atoms with Crippen LogP contribution in [0.15, 0.2) is 40.9 Å². The van der Waals surface area contributed by atoms with Gasteiger partial charge in [0.2, 0.25) is 0 Å². The van der Waals surface area contributed by atoms with Crippen LogP contribution in [0.25, 0.3) is 10.8 Å². The van der Waals surface area contributed by atoms with Crippen molar-refractivity contribution in [2.75, 3.05) is 26.3 Å². The Morgan fingerprint density at radius 1 is 1.05 bits per heavy atom. The zero-order valence-electron chi connectivity index (χ0n) is 12.9. The number of rotatable bonds is 8. The van der Waals surface area contributed by atoms with Gasteiger partial charge in [0, 0.05) is 11.0 Å². The fourth-order valence-corrected chi connectivity index (χ4v) is 2.84. The predicted molar refractivity (Wildman–Crippen MR) is 93.9 cm³/mol. The van der Waals surface area contributed by atoms with Gasteiger partial charge in [-0.3, -0.25) is 0 Å². The molecule has 2 aromatic rings. The summed E-state index contributed by atoms with van der Waals surface area (Å²) in [5.41, 5.74) is 1.35. The van der Waals surface area contributed by atoms with Crippen LogP contribution >= 0.6 is 15.9 Å². The third-order valence-corrected chi connectivity index (χ3v) is 4.14. The Bertz CT molecular complexity index is 568. The summed E-state index contributed by atoms with van der Waals surface area (Å²) in [6, 6.07) is 12.8. The molecule has 3 heteroatoms. The number of ether oxygens (including phenoxy) is 1. The van der Waals surface area contributed by atoms with Gasteiger partial charge in [-0.2, -0.15) is 0 Å². The number of halogens is 1. The maximum atomic E-state index is 5.72. The Labute approximate surface area is 136 Å². The molecule has 0 unspecified atom stereocenters. The quantitative estimate of drug-likeness (QED) is 0.712. The Kier molecular flexibility index (Phi) is 6.68. The lowest BCUT2D eigenvalue weighted by atomic mass is 10.0. The molecule has 0 aromatic heterocycles. The standard InChI is InChI=1S/C18H24BrNO/c1-14(2)13-20-10-12-21-11-9-15-7-8-18(19)17-6-4-3-5-16(15)17/h3-8,14,20H,9-13H2,1-2H3. The van der Waals surface area contributed by atoms with E-state index in [1.165, 1.54) is 16.3 Å². The molecule has 0 radical (unpaired) electrons. The number of nitrogens with one attached hydrogen (secondary N) is 1. The highest BCUT2D eigenvalue weighted by molar-refractivity contribution is 9.10. The van der Waals surface area contributed by atoms with E-state index in [9.17, 15) is 0 Å². The van der Waals surface area contributed by atoms with Gasteiger partial charge in [-0.15, -0.1) is 0 Å². The Morgan fingerprint density at radius 3 is 2.57 bits per heavy atom. The van der Waals surface area contributed by atoms with Gasteiger partial charge in [-0.05, 0) is 41.3 Å². The highest BCUT2D eigenvalue weighted by atomic mass is 79.9. The zero-order valence-corrected chi connectivity index (χ0v) is 14.4. The van der Waals surface area contributed by atoms with Crippen molar-refractivity contribution in [2.45, 2.75) is 20.3 Å². The SMILES string of the molecule is CC(C)CNCCOCCc1ccc(Br)c2ccccc12. The second kappa shape index (κ2) is 8.52. The summed E-state index contributed by atoms with van der Waals surface area (Å²) in [7, 11) is 0. The van der Waals surface area contributed by atoms with Crippen LogP contribution in [-0.2, 0) is 11.2 Å². The minimum atomic E-state index is 0.694. The molecule has 0 bridgehead atoms. The first-order chi connectivity index (χ1) is 10.2. The van der Waals surface area contributed by atoms with E-state index in [4.69, 9.17) is 4.74 Å². The van der Waals surface area contributed by atoms with E-state index in [1.54, 1.807) is 0 Å². The van der Waals surface area contributed by atoms with Crippen molar-refractivity contribution in [3.63, 3.8) is 0 Å². The predicted octanol–water partition coefficient (Wildman–Crippen LogP) is 4.41. The van der Waals surface area contributed by atoms with E-state index in [1.807, 2.05) is 0 Å². The first kappa shape index (κ1) is 16.5. The highest BCUT2D eigenvalue weighted by Crippen LogP contribution is 2.27. The molecule has 0 aliphatic heterocycles. The van der Waals surface area contributed by atoms with Crippen LogP contribution in [0, 0.1) is 5.92 Å². The van der Waals surface area contributed by atoms with Crippen LogP contribution < -0.4 is 5.32 Å². The number of hydrogen-bond donors (Lipinski definition) is 1. The van der Waals surface area contributed by atoms with Gasteiger partial charge >= 0.3 is 0 Å². The number of fused-ring (bicyclic) bond motifs is 1. The lowest BCUT2D eigenvalue weighted by molar-refractivity contribution is 0.138. The zero-order chi connectivity index (χ0) is 15.1. The minimum Gasteiger partial charge on any atom is -0.380 e. The second-order valence-electron chi connectivity index (χ2n) is 5.71. The van der Waals surface area contributed by atoms with Gasteiger partial charge in [0.1, 0.15) is 0 Å². The van der Waals surface area contributed by atoms with Crippen LogP contribution in [0.5, 0.6) is 0 Å². The smallest absolute Gasteiger partial charge is 0.0591 e. The van der Waals surface area contributed by atoms with Crippen molar-refractivity contribution in [2.24, 2.45) is 5.92 Å². The van der Waals surface area contributed by atoms with Crippen molar-refractivity contribution >= 4 is 26.7 Å². The highest BCUT2D eigenvalue weighted by Gasteiger charge is 2.03. The van der Waals surface area contributed by atoms with Crippen molar-refractivity contribution < 1.29 is 4.74 Å². The maximum Gasteiger partial charge on any atom is 0.0591 e. The molecule has 0 aliphatic rings. The summed E-state index contributed by atoms with van der Waals surface area (Å²) < 4.78 is 6.88. The fourth-order valence-electron chi connectivity index (χ4n) is 2.36. The summed E-state index contributed by atoms with van der Waals surface area (Å²) >= 11 is 3.61. The normalized spacial score (nSPS) is 11.4. The second-order valence-corrected chi connectivity index (χ2v) is 6.57. The minimum absolute atomic E-state index is 0.694. The van der Waals surface area contributed by atoms with E-state index < -0.39 is 0 Å². The molecule has 21 heavy (non-hydrogen) atoms. The summed E-state index contributed by atoms with van der Waals surface area (Å²) in [6.45, 7) is 7.97. The molecule has 0 atom stereocenters. The van der Waals surface area contributed by atoms with Gasteiger partial charge in [-0.1, -0.05) is 60.1 Å². The molecular weight excluding hydrogens is 326 g/mol. The summed E-state index contributed by atoms with van der Waals surface area (Å²) in [5.74, 6) is 0.694. The van der Waals surface area contributed by atoms with Crippen molar-refractivity contribution in [3.8, 4) is 0 Å². The Morgan fingerprint density at radius 2 is 1.81 bits per heavy atom. The lowest BCUT2D eigenvalue weighted by Gasteiger charge is -2.10. The van der Waals surface area contributed by atoms with E-state index >= 15 is 0 Å². The summed E-state index contributed by atoms with van der Waals surface area (Å²) in [4.78, 5) is 0. The monoisotopic (exact) mass is 349 g/mol. The topological polar surface area (TPSA) is 21.3 Å². The molecule has 0 fully saturated rings. The van der Waals surface area contributed by atoms with Crippen LogP contribution in [0.4, 0.5) is 0 Å². The molecule has 1 N–H and O–H groups in total. The number of hydrogen-bond acceptors (Lipinski definition) is 2. The summed E-state index contributed by atoms with van der Waals surface area (Å²) in [6.07, 6.45) is 0.956. The van der Waals surface area contributed by atoms with Crippen LogP contribution in [0.1, 0.15) is 19.4 Å². The third-order valence-electron chi connectivity index (χ3n) is 3.45. The molecule has 0 heterocycles. The maximum absolute atomic E-state index is 5.72. The molecular formula is C18H24BrNO. The largest absolute Gasteiger partial charge is 0.380 e.